The number of aliphatic hydroxyl groups excluding tert-OH is 3. The Morgan fingerprint density at radius 3 is 1.79 bits per heavy atom. The van der Waals surface area contributed by atoms with Gasteiger partial charge in [0.15, 0.2) is 0 Å². The van der Waals surface area contributed by atoms with Crippen molar-refractivity contribution in [3.8, 4) is 0 Å². The van der Waals surface area contributed by atoms with Crippen LogP contribution in [-0.2, 0) is 14.3 Å². The molecule has 3 N–H and O–H groups in total. The average Bonchev–Trinajstić information content (AvgIpc) is 3.05. The Morgan fingerprint density at radius 1 is 0.596 bits per heavy atom. The van der Waals surface area contributed by atoms with E-state index >= 15 is 0 Å². The largest absolute Gasteiger partial charge is 0.465 e. The first-order chi connectivity index (χ1) is 22.8. The SMILES string of the molecule is CCCCCCCC(=O)CCC(CCC[C@H](O)CN(CCCCO)CC(O)C(CCCC)CCCC)COC(=O)CCCCCCC. The van der Waals surface area contributed by atoms with Gasteiger partial charge in [0.05, 0.1) is 18.8 Å². The van der Waals surface area contributed by atoms with E-state index in [1.807, 2.05) is 0 Å². The molecule has 0 saturated heterocycles. The molecule has 0 radical (unpaired) electrons. The quantitative estimate of drug-likeness (QED) is 0.0451. The highest BCUT2D eigenvalue weighted by atomic mass is 16.5. The molecule has 0 aliphatic carbocycles. The van der Waals surface area contributed by atoms with Gasteiger partial charge in [-0.05, 0) is 76.2 Å². The zero-order chi connectivity index (χ0) is 35.0. The standard InChI is InChI=1S/C40H79NO6/c1-5-9-13-15-17-25-37(43)29-28-35(34-47-40(46)27-18-16-14-10-6-2)22-21-26-38(44)32-41(30-19-20-31-42)33-39(45)36(23-11-7-3)24-12-8-4/h35-36,38-39,42,44-45H,5-34H2,1-4H3/t35?,38-,39?/m0/s1. The first kappa shape index (κ1) is 46.0. The number of esters is 1. The van der Waals surface area contributed by atoms with Crippen molar-refractivity contribution >= 4 is 11.8 Å². The van der Waals surface area contributed by atoms with Gasteiger partial charge in [-0.25, -0.2) is 0 Å². The van der Waals surface area contributed by atoms with Crippen LogP contribution in [0.25, 0.3) is 0 Å². The summed E-state index contributed by atoms with van der Waals surface area (Å²) in [5.74, 6) is 0.575. The lowest BCUT2D eigenvalue weighted by atomic mass is 9.90. The van der Waals surface area contributed by atoms with E-state index in [0.29, 0.717) is 57.6 Å². The second-order valence-electron chi connectivity index (χ2n) is 14.3. The molecule has 0 aromatic heterocycles. The number of aliphatic hydroxyl groups is 3. The number of hydrogen-bond acceptors (Lipinski definition) is 7. The maximum Gasteiger partial charge on any atom is 0.305 e. The Bertz CT molecular complexity index is 666. The van der Waals surface area contributed by atoms with Crippen molar-refractivity contribution in [1.82, 2.24) is 4.90 Å². The van der Waals surface area contributed by atoms with Crippen LogP contribution in [0.5, 0.6) is 0 Å². The van der Waals surface area contributed by atoms with E-state index in [1.54, 1.807) is 0 Å². The highest BCUT2D eigenvalue weighted by Crippen LogP contribution is 2.22. The highest BCUT2D eigenvalue weighted by Gasteiger charge is 2.23. The maximum atomic E-state index is 12.6. The summed E-state index contributed by atoms with van der Waals surface area (Å²) in [7, 11) is 0. The predicted octanol–water partition coefficient (Wildman–Crippen LogP) is 9.18. The number of carbonyl (C=O) groups is 2. The van der Waals surface area contributed by atoms with Gasteiger partial charge in [0.1, 0.15) is 5.78 Å². The monoisotopic (exact) mass is 670 g/mol. The Hall–Kier alpha value is -1.02. The first-order valence-electron chi connectivity index (χ1n) is 20.2. The molecule has 0 amide bonds. The van der Waals surface area contributed by atoms with Crippen LogP contribution in [0.3, 0.4) is 0 Å². The van der Waals surface area contributed by atoms with E-state index in [2.05, 4.69) is 32.6 Å². The fourth-order valence-electron chi connectivity index (χ4n) is 6.49. The van der Waals surface area contributed by atoms with Crippen molar-refractivity contribution in [3.63, 3.8) is 0 Å². The minimum Gasteiger partial charge on any atom is -0.465 e. The molecule has 7 nitrogen and oxygen atoms in total. The van der Waals surface area contributed by atoms with Crippen LogP contribution in [0.1, 0.15) is 188 Å². The van der Waals surface area contributed by atoms with E-state index in [1.165, 1.54) is 32.1 Å². The Morgan fingerprint density at radius 2 is 1.19 bits per heavy atom. The summed E-state index contributed by atoms with van der Waals surface area (Å²) in [5.41, 5.74) is 0. The van der Waals surface area contributed by atoms with Crippen molar-refractivity contribution in [2.45, 2.75) is 200 Å². The van der Waals surface area contributed by atoms with Crippen LogP contribution >= 0.6 is 0 Å². The molecule has 2 unspecified atom stereocenters. The van der Waals surface area contributed by atoms with Gasteiger partial charge in [0.25, 0.3) is 0 Å². The maximum absolute atomic E-state index is 12.6. The lowest BCUT2D eigenvalue weighted by molar-refractivity contribution is -0.145. The Labute approximate surface area is 291 Å². The van der Waals surface area contributed by atoms with Gasteiger partial charge in [-0.3, -0.25) is 14.5 Å². The average molecular weight is 670 g/mol. The van der Waals surface area contributed by atoms with E-state index < -0.39 is 12.2 Å². The summed E-state index contributed by atoms with van der Waals surface area (Å²) < 4.78 is 5.70. The Kier molecular flexibility index (Phi) is 32.7. The summed E-state index contributed by atoms with van der Waals surface area (Å²) in [6.07, 6.45) is 23.0. The van der Waals surface area contributed by atoms with Gasteiger partial charge >= 0.3 is 5.97 Å². The van der Waals surface area contributed by atoms with Crippen molar-refractivity contribution < 1.29 is 29.6 Å². The van der Waals surface area contributed by atoms with Gasteiger partial charge in [0.2, 0.25) is 0 Å². The number of rotatable bonds is 36. The van der Waals surface area contributed by atoms with Crippen molar-refractivity contribution in [1.29, 1.82) is 0 Å². The minimum absolute atomic E-state index is 0.121. The summed E-state index contributed by atoms with van der Waals surface area (Å²) >= 11 is 0. The number of ether oxygens (including phenoxy) is 1. The second-order valence-corrected chi connectivity index (χ2v) is 14.3. The fourth-order valence-corrected chi connectivity index (χ4v) is 6.49. The third-order valence-electron chi connectivity index (χ3n) is 9.70. The number of carbonyl (C=O) groups excluding carboxylic acids is 2. The fraction of sp³-hybridized carbons (Fsp3) is 0.950. The van der Waals surface area contributed by atoms with Crippen LogP contribution in [0.4, 0.5) is 0 Å². The van der Waals surface area contributed by atoms with Gasteiger partial charge < -0.3 is 20.1 Å². The molecule has 0 aromatic carbocycles. The van der Waals surface area contributed by atoms with Crippen molar-refractivity contribution in [2.75, 3.05) is 32.8 Å². The molecule has 0 fully saturated rings. The van der Waals surface area contributed by atoms with E-state index in [-0.39, 0.29) is 24.4 Å². The molecule has 0 aromatic rings. The summed E-state index contributed by atoms with van der Waals surface area (Å²) in [4.78, 5) is 27.2. The summed E-state index contributed by atoms with van der Waals surface area (Å²) in [6, 6.07) is 0. The molecule has 47 heavy (non-hydrogen) atoms. The van der Waals surface area contributed by atoms with Crippen LogP contribution in [0.2, 0.25) is 0 Å². The number of nitrogens with zero attached hydrogens (tertiary/aromatic N) is 1. The lowest BCUT2D eigenvalue weighted by Crippen LogP contribution is -2.41. The molecule has 0 saturated carbocycles. The summed E-state index contributed by atoms with van der Waals surface area (Å²) in [5, 5.41) is 31.6. The predicted molar refractivity (Wildman–Crippen MR) is 197 cm³/mol. The Balaban J connectivity index is 5.03. The molecule has 280 valence electrons. The van der Waals surface area contributed by atoms with Crippen molar-refractivity contribution in [2.24, 2.45) is 11.8 Å². The van der Waals surface area contributed by atoms with Gasteiger partial charge in [-0.15, -0.1) is 0 Å². The molecular weight excluding hydrogens is 590 g/mol. The molecular formula is C40H79NO6. The zero-order valence-electron chi connectivity index (χ0n) is 31.5. The van der Waals surface area contributed by atoms with E-state index in [4.69, 9.17) is 4.74 Å². The topological polar surface area (TPSA) is 107 Å². The highest BCUT2D eigenvalue weighted by molar-refractivity contribution is 5.78. The van der Waals surface area contributed by atoms with Gasteiger partial charge in [0, 0.05) is 39.0 Å². The van der Waals surface area contributed by atoms with Gasteiger partial charge in [-0.2, -0.15) is 0 Å². The van der Waals surface area contributed by atoms with Crippen LogP contribution in [-0.4, -0.2) is 77.0 Å². The van der Waals surface area contributed by atoms with Crippen LogP contribution in [0.15, 0.2) is 0 Å². The third-order valence-corrected chi connectivity index (χ3v) is 9.70. The lowest BCUT2D eigenvalue weighted by Gasteiger charge is -2.31. The number of ketones is 1. The van der Waals surface area contributed by atoms with Crippen LogP contribution in [0, 0.1) is 11.8 Å². The van der Waals surface area contributed by atoms with E-state index in [0.717, 1.165) is 103 Å². The number of Topliss-reactive ketones (excluding diaryl/α,β-unsaturated/α-hetero) is 1. The molecule has 7 heteroatoms. The summed E-state index contributed by atoms with van der Waals surface area (Å²) in [6.45, 7) is 11.1. The number of unbranched alkanes of at least 4 members (excludes halogenated alkanes) is 11. The molecule has 0 heterocycles. The van der Waals surface area contributed by atoms with Crippen molar-refractivity contribution in [3.05, 3.63) is 0 Å². The third kappa shape index (κ3) is 28.5. The number of hydrogen-bond donors (Lipinski definition) is 3. The van der Waals surface area contributed by atoms with Crippen LogP contribution < -0.4 is 0 Å². The molecule has 0 aliphatic heterocycles. The minimum atomic E-state index is -0.517. The van der Waals surface area contributed by atoms with E-state index in [9.17, 15) is 24.9 Å². The molecule has 0 bridgehead atoms. The smallest absolute Gasteiger partial charge is 0.305 e. The normalized spacial score (nSPS) is 13.7. The second kappa shape index (κ2) is 33.5. The zero-order valence-corrected chi connectivity index (χ0v) is 31.5. The first-order valence-corrected chi connectivity index (χ1v) is 20.2. The molecule has 0 aliphatic rings. The molecule has 0 rings (SSSR count). The van der Waals surface area contributed by atoms with Gasteiger partial charge in [-0.1, -0.05) is 111 Å². The molecule has 3 atom stereocenters. The molecule has 0 spiro atoms.